The second kappa shape index (κ2) is 5.82. The van der Waals surface area contributed by atoms with Crippen LogP contribution in [0.5, 0.6) is 0 Å². The number of benzene rings is 1. The molecule has 0 fully saturated rings. The number of aryl methyl sites for hydroxylation is 2. The van der Waals surface area contributed by atoms with Crippen molar-refractivity contribution >= 4 is 17.3 Å². The topological polar surface area (TPSA) is 91.8 Å². The minimum atomic E-state index is -0.320. The Balaban J connectivity index is 1.51. The summed E-state index contributed by atoms with van der Waals surface area (Å²) in [6.45, 7) is 1.51. The molecule has 0 bridgehead atoms. The smallest absolute Gasteiger partial charge is 0.361 e. The fourth-order valence-electron chi connectivity index (χ4n) is 2.39. The number of carbonyl (C=O) groups is 1. The van der Waals surface area contributed by atoms with Gasteiger partial charge in [-0.1, -0.05) is 0 Å². The van der Waals surface area contributed by atoms with E-state index in [0.29, 0.717) is 13.0 Å². The van der Waals surface area contributed by atoms with Gasteiger partial charge in [-0.3, -0.25) is 9.48 Å². The van der Waals surface area contributed by atoms with Crippen LogP contribution < -0.4 is 16.3 Å². The molecule has 7 nitrogen and oxygen atoms in total. The van der Waals surface area contributed by atoms with Crippen molar-refractivity contribution in [1.82, 2.24) is 14.8 Å². The lowest BCUT2D eigenvalue weighted by Gasteiger charge is -2.18. The van der Waals surface area contributed by atoms with Gasteiger partial charge in [0.25, 0.3) is 0 Å². The fourth-order valence-corrected chi connectivity index (χ4v) is 2.39. The highest BCUT2D eigenvalue weighted by Crippen LogP contribution is 2.25. The Kier molecular flexibility index (Phi) is 3.72. The summed E-state index contributed by atoms with van der Waals surface area (Å²) in [5, 5.41) is 8.81. The first kappa shape index (κ1) is 13.4. The molecular weight excluding hydrogens is 270 g/mol. The Labute approximate surface area is 121 Å². The van der Waals surface area contributed by atoms with E-state index >= 15 is 0 Å². The standard InChI is InChI=1S/C14H17N5O2/c20-13-5-2-10-8-11(3-4-12(10)17-13)15-6-1-7-19-9-16-14(21)18-19/h3-4,8-9,15H,1-2,5-7H2,(H,17,20)(H,18,21). The van der Waals surface area contributed by atoms with Crippen molar-refractivity contribution < 1.29 is 4.79 Å². The van der Waals surface area contributed by atoms with E-state index in [1.165, 1.54) is 11.9 Å². The Morgan fingerprint density at radius 2 is 2.19 bits per heavy atom. The molecule has 1 aliphatic rings. The molecular formula is C14H17N5O2. The molecule has 21 heavy (non-hydrogen) atoms. The van der Waals surface area contributed by atoms with Crippen molar-refractivity contribution in [3.63, 3.8) is 0 Å². The quantitative estimate of drug-likeness (QED) is 0.714. The molecule has 0 atom stereocenters. The number of rotatable bonds is 5. The van der Waals surface area contributed by atoms with Crippen LogP contribution in [-0.4, -0.2) is 27.2 Å². The van der Waals surface area contributed by atoms with Gasteiger partial charge >= 0.3 is 5.69 Å². The van der Waals surface area contributed by atoms with Crippen LogP contribution in [0.2, 0.25) is 0 Å². The molecule has 0 saturated carbocycles. The molecule has 3 rings (SSSR count). The van der Waals surface area contributed by atoms with Gasteiger partial charge in [-0.25, -0.2) is 9.89 Å². The lowest BCUT2D eigenvalue weighted by molar-refractivity contribution is -0.116. The maximum absolute atomic E-state index is 11.3. The summed E-state index contributed by atoms with van der Waals surface area (Å²) in [6, 6.07) is 5.97. The van der Waals surface area contributed by atoms with Crippen LogP contribution in [0.15, 0.2) is 29.3 Å². The van der Waals surface area contributed by atoms with Crippen LogP contribution >= 0.6 is 0 Å². The molecule has 1 amide bonds. The van der Waals surface area contributed by atoms with Crippen LogP contribution in [0.25, 0.3) is 0 Å². The molecule has 1 aromatic carbocycles. The van der Waals surface area contributed by atoms with Gasteiger partial charge in [0.15, 0.2) is 0 Å². The van der Waals surface area contributed by atoms with Gasteiger partial charge in [-0.2, -0.15) is 4.98 Å². The number of anilines is 2. The molecule has 2 heterocycles. The zero-order chi connectivity index (χ0) is 14.7. The number of nitrogens with one attached hydrogen (secondary N) is 3. The number of nitrogens with zero attached hydrogens (tertiary/aromatic N) is 2. The predicted octanol–water partition coefficient (Wildman–Crippen LogP) is 0.958. The number of H-pyrrole nitrogens is 1. The van der Waals surface area contributed by atoms with E-state index in [4.69, 9.17) is 0 Å². The molecule has 2 aromatic rings. The zero-order valence-corrected chi connectivity index (χ0v) is 11.6. The van der Waals surface area contributed by atoms with E-state index in [2.05, 4.69) is 26.8 Å². The minimum Gasteiger partial charge on any atom is -0.385 e. The van der Waals surface area contributed by atoms with E-state index in [1.807, 2.05) is 12.1 Å². The number of hydrogen-bond donors (Lipinski definition) is 3. The zero-order valence-electron chi connectivity index (χ0n) is 11.6. The number of aromatic nitrogens is 3. The van der Waals surface area contributed by atoms with E-state index in [1.54, 1.807) is 4.68 Å². The largest absolute Gasteiger partial charge is 0.385 e. The first-order valence-corrected chi connectivity index (χ1v) is 6.99. The van der Waals surface area contributed by atoms with Crippen molar-refractivity contribution in [1.29, 1.82) is 0 Å². The molecule has 7 heteroatoms. The van der Waals surface area contributed by atoms with Crippen molar-refractivity contribution in [2.24, 2.45) is 0 Å². The van der Waals surface area contributed by atoms with Crippen LogP contribution in [0.1, 0.15) is 18.4 Å². The molecule has 110 valence electrons. The van der Waals surface area contributed by atoms with Gasteiger partial charge < -0.3 is 10.6 Å². The van der Waals surface area contributed by atoms with Gasteiger partial charge in [0, 0.05) is 30.9 Å². The molecule has 0 saturated heterocycles. The van der Waals surface area contributed by atoms with Gasteiger partial charge in [0.05, 0.1) is 0 Å². The summed E-state index contributed by atoms with van der Waals surface area (Å²) < 4.78 is 1.67. The van der Waals surface area contributed by atoms with Gasteiger partial charge in [-0.15, -0.1) is 0 Å². The highest BCUT2D eigenvalue weighted by Gasteiger charge is 2.14. The van der Waals surface area contributed by atoms with E-state index in [-0.39, 0.29) is 11.6 Å². The third-order valence-corrected chi connectivity index (χ3v) is 3.46. The number of fused-ring (bicyclic) bond motifs is 1. The third-order valence-electron chi connectivity index (χ3n) is 3.46. The first-order valence-electron chi connectivity index (χ1n) is 6.99. The van der Waals surface area contributed by atoms with Crippen molar-refractivity contribution in [3.8, 4) is 0 Å². The van der Waals surface area contributed by atoms with Gasteiger partial charge in [0.1, 0.15) is 6.33 Å². The average molecular weight is 287 g/mol. The Bertz CT molecular complexity index is 703. The molecule has 0 unspecified atom stereocenters. The first-order chi connectivity index (χ1) is 10.2. The number of hydrogen-bond acceptors (Lipinski definition) is 4. The highest BCUT2D eigenvalue weighted by atomic mass is 16.2. The van der Waals surface area contributed by atoms with Crippen LogP contribution in [0.3, 0.4) is 0 Å². The molecule has 3 N–H and O–H groups in total. The Morgan fingerprint density at radius 1 is 1.29 bits per heavy atom. The Morgan fingerprint density at radius 3 is 3.00 bits per heavy atom. The monoisotopic (exact) mass is 287 g/mol. The lowest BCUT2D eigenvalue weighted by atomic mass is 10.0. The summed E-state index contributed by atoms with van der Waals surface area (Å²) >= 11 is 0. The minimum absolute atomic E-state index is 0.0810. The van der Waals surface area contributed by atoms with Crippen molar-refractivity contribution in [3.05, 3.63) is 40.6 Å². The normalized spacial score (nSPS) is 13.6. The van der Waals surface area contributed by atoms with E-state index in [0.717, 1.165) is 30.8 Å². The van der Waals surface area contributed by atoms with Crippen molar-refractivity contribution in [2.75, 3.05) is 17.2 Å². The van der Waals surface area contributed by atoms with Crippen LogP contribution in [-0.2, 0) is 17.8 Å². The number of amides is 1. The molecule has 1 aromatic heterocycles. The predicted molar refractivity (Wildman–Crippen MR) is 79.3 cm³/mol. The summed E-state index contributed by atoms with van der Waals surface area (Å²) in [5.41, 5.74) is 2.80. The van der Waals surface area contributed by atoms with Crippen LogP contribution in [0, 0.1) is 0 Å². The number of carbonyl (C=O) groups excluding carboxylic acids is 1. The summed E-state index contributed by atoms with van der Waals surface area (Å²) in [6.07, 6.45) is 3.71. The number of aromatic amines is 1. The summed E-state index contributed by atoms with van der Waals surface area (Å²) in [4.78, 5) is 25.8. The molecule has 0 radical (unpaired) electrons. The Hall–Kier alpha value is -2.57. The maximum Gasteiger partial charge on any atom is 0.361 e. The summed E-state index contributed by atoms with van der Waals surface area (Å²) in [7, 11) is 0. The second-order valence-corrected chi connectivity index (χ2v) is 5.06. The van der Waals surface area contributed by atoms with E-state index in [9.17, 15) is 9.59 Å². The molecule has 0 aliphatic carbocycles. The third kappa shape index (κ3) is 3.31. The molecule has 0 spiro atoms. The average Bonchev–Trinajstić information content (AvgIpc) is 2.89. The van der Waals surface area contributed by atoms with Crippen molar-refractivity contribution in [2.45, 2.75) is 25.8 Å². The SMILES string of the molecule is O=C1CCc2cc(NCCCn3cnc(=O)[nH]3)ccc2N1. The lowest BCUT2D eigenvalue weighted by Crippen LogP contribution is -2.19. The summed E-state index contributed by atoms with van der Waals surface area (Å²) in [5.74, 6) is 0.0810. The van der Waals surface area contributed by atoms with E-state index < -0.39 is 0 Å². The molecule has 1 aliphatic heterocycles. The highest BCUT2D eigenvalue weighted by molar-refractivity contribution is 5.94. The maximum atomic E-state index is 11.3. The van der Waals surface area contributed by atoms with Gasteiger partial charge in [0.2, 0.25) is 5.91 Å². The van der Waals surface area contributed by atoms with Gasteiger partial charge in [-0.05, 0) is 36.6 Å². The second-order valence-electron chi connectivity index (χ2n) is 5.06. The fraction of sp³-hybridized carbons (Fsp3) is 0.357. The van der Waals surface area contributed by atoms with Crippen LogP contribution in [0.4, 0.5) is 11.4 Å².